The van der Waals surface area contributed by atoms with Gasteiger partial charge < -0.3 is 19.5 Å². The number of ether oxygens (including phenoxy) is 3. The number of nitrogens with zero attached hydrogens (tertiary/aromatic N) is 1. The minimum absolute atomic E-state index is 0.652. The predicted molar refractivity (Wildman–Crippen MR) is 102 cm³/mol. The van der Waals surface area contributed by atoms with Crippen LogP contribution in [0.5, 0.6) is 17.2 Å². The Labute approximate surface area is 152 Å². The largest absolute Gasteiger partial charge is 0.493 e. The minimum Gasteiger partial charge on any atom is -0.493 e. The van der Waals surface area contributed by atoms with Crippen molar-refractivity contribution in [2.45, 2.75) is 39.2 Å². The van der Waals surface area contributed by atoms with E-state index >= 15 is 0 Å². The second-order valence-electron chi connectivity index (χ2n) is 6.83. The molecule has 2 rings (SSSR count). The molecule has 0 spiro atoms. The standard InChI is InChI=1S/C20H34N2O3/c1-6-15(2)17-14-21-9-11-22(17)10-7-8-16-12-18(23-3)20(25-5)19(13-16)24-4/h12-13,15,17,21H,6-11,14H2,1-5H3/t15?,17-/m1/s1. The molecule has 1 heterocycles. The summed E-state index contributed by atoms with van der Waals surface area (Å²) in [6, 6.07) is 4.77. The van der Waals surface area contributed by atoms with Gasteiger partial charge >= 0.3 is 0 Å². The number of rotatable bonds is 9. The molecule has 25 heavy (non-hydrogen) atoms. The van der Waals surface area contributed by atoms with E-state index in [4.69, 9.17) is 14.2 Å². The monoisotopic (exact) mass is 350 g/mol. The molecule has 1 fully saturated rings. The molecule has 0 aromatic heterocycles. The highest BCUT2D eigenvalue weighted by Gasteiger charge is 2.25. The van der Waals surface area contributed by atoms with Crippen LogP contribution in [0.3, 0.4) is 0 Å². The number of nitrogens with one attached hydrogen (secondary N) is 1. The van der Waals surface area contributed by atoms with E-state index in [-0.39, 0.29) is 0 Å². The van der Waals surface area contributed by atoms with Crippen molar-refractivity contribution in [1.82, 2.24) is 10.2 Å². The molecule has 1 N–H and O–H groups in total. The normalized spacial score (nSPS) is 19.5. The fraction of sp³-hybridized carbons (Fsp3) is 0.700. The molecule has 1 aliphatic rings. The summed E-state index contributed by atoms with van der Waals surface area (Å²) in [5.41, 5.74) is 1.23. The van der Waals surface area contributed by atoms with E-state index in [1.807, 2.05) is 0 Å². The van der Waals surface area contributed by atoms with Gasteiger partial charge in [0.25, 0.3) is 0 Å². The molecule has 0 aliphatic carbocycles. The van der Waals surface area contributed by atoms with Crippen LogP contribution in [-0.4, -0.2) is 58.5 Å². The van der Waals surface area contributed by atoms with Gasteiger partial charge in [-0.25, -0.2) is 0 Å². The molecule has 1 saturated heterocycles. The van der Waals surface area contributed by atoms with Gasteiger partial charge in [0, 0.05) is 25.7 Å². The minimum atomic E-state index is 0.652. The first-order valence-electron chi connectivity index (χ1n) is 9.38. The zero-order valence-electron chi connectivity index (χ0n) is 16.4. The van der Waals surface area contributed by atoms with Crippen LogP contribution in [-0.2, 0) is 6.42 Å². The quantitative estimate of drug-likeness (QED) is 0.742. The number of hydrogen-bond acceptors (Lipinski definition) is 5. The number of hydrogen-bond donors (Lipinski definition) is 1. The van der Waals surface area contributed by atoms with E-state index in [1.165, 1.54) is 12.0 Å². The summed E-state index contributed by atoms with van der Waals surface area (Å²) in [5.74, 6) is 2.86. The highest BCUT2D eigenvalue weighted by Crippen LogP contribution is 2.38. The van der Waals surface area contributed by atoms with Crippen LogP contribution in [0.1, 0.15) is 32.3 Å². The Morgan fingerprint density at radius 3 is 2.40 bits per heavy atom. The zero-order chi connectivity index (χ0) is 18.2. The van der Waals surface area contributed by atoms with E-state index in [0.717, 1.165) is 56.4 Å². The van der Waals surface area contributed by atoms with Crippen LogP contribution < -0.4 is 19.5 Å². The first-order chi connectivity index (χ1) is 12.1. The number of piperazine rings is 1. The number of benzene rings is 1. The third kappa shape index (κ3) is 5.02. The molecule has 142 valence electrons. The first kappa shape index (κ1) is 19.9. The van der Waals surface area contributed by atoms with Gasteiger partial charge in [0.15, 0.2) is 11.5 Å². The highest BCUT2D eigenvalue weighted by atomic mass is 16.5. The molecule has 1 unspecified atom stereocenters. The molecule has 0 radical (unpaired) electrons. The second-order valence-corrected chi connectivity index (χ2v) is 6.83. The highest BCUT2D eigenvalue weighted by molar-refractivity contribution is 5.53. The van der Waals surface area contributed by atoms with Crippen molar-refractivity contribution in [3.63, 3.8) is 0 Å². The molecule has 0 bridgehead atoms. The molecule has 0 amide bonds. The van der Waals surface area contributed by atoms with E-state index < -0.39 is 0 Å². The topological polar surface area (TPSA) is 43.0 Å². The smallest absolute Gasteiger partial charge is 0.203 e. The summed E-state index contributed by atoms with van der Waals surface area (Å²) in [6.07, 6.45) is 3.37. The summed E-state index contributed by atoms with van der Waals surface area (Å²) in [4.78, 5) is 2.66. The van der Waals surface area contributed by atoms with Gasteiger partial charge in [-0.15, -0.1) is 0 Å². The SMILES string of the molecule is CCC(C)[C@H]1CNCCN1CCCc1cc(OC)c(OC)c(OC)c1. The maximum atomic E-state index is 5.46. The zero-order valence-corrected chi connectivity index (χ0v) is 16.4. The van der Waals surface area contributed by atoms with Crippen molar-refractivity contribution in [2.24, 2.45) is 5.92 Å². The van der Waals surface area contributed by atoms with E-state index in [2.05, 4.69) is 36.2 Å². The van der Waals surface area contributed by atoms with E-state index in [9.17, 15) is 0 Å². The van der Waals surface area contributed by atoms with Crippen LogP contribution in [0.2, 0.25) is 0 Å². The molecule has 5 nitrogen and oxygen atoms in total. The number of aryl methyl sites for hydroxylation is 1. The average Bonchev–Trinajstić information content (AvgIpc) is 2.66. The van der Waals surface area contributed by atoms with Gasteiger partial charge in [-0.1, -0.05) is 20.3 Å². The van der Waals surface area contributed by atoms with Gasteiger partial charge in [0.05, 0.1) is 21.3 Å². The third-order valence-electron chi connectivity index (χ3n) is 5.33. The summed E-state index contributed by atoms with van der Waals surface area (Å²) >= 11 is 0. The van der Waals surface area contributed by atoms with Gasteiger partial charge in [0.2, 0.25) is 5.75 Å². The average molecular weight is 351 g/mol. The van der Waals surface area contributed by atoms with Gasteiger partial charge in [0.1, 0.15) is 0 Å². The van der Waals surface area contributed by atoms with Crippen molar-refractivity contribution < 1.29 is 14.2 Å². The van der Waals surface area contributed by atoms with Crippen molar-refractivity contribution in [3.05, 3.63) is 17.7 Å². The Hall–Kier alpha value is -1.46. The lowest BCUT2D eigenvalue weighted by Crippen LogP contribution is -2.54. The molecule has 1 aromatic carbocycles. The fourth-order valence-electron chi connectivity index (χ4n) is 3.64. The van der Waals surface area contributed by atoms with Crippen LogP contribution in [0.25, 0.3) is 0 Å². The van der Waals surface area contributed by atoms with Crippen molar-refractivity contribution in [1.29, 1.82) is 0 Å². The Balaban J connectivity index is 1.98. The summed E-state index contributed by atoms with van der Waals surface area (Å²) in [5, 5.41) is 3.54. The second kappa shape index (κ2) is 9.88. The number of methoxy groups -OCH3 is 3. The summed E-state index contributed by atoms with van der Waals surface area (Å²) in [6.45, 7) is 9.13. The maximum absolute atomic E-state index is 5.46. The van der Waals surface area contributed by atoms with Crippen LogP contribution in [0.4, 0.5) is 0 Å². The third-order valence-corrected chi connectivity index (χ3v) is 5.33. The van der Waals surface area contributed by atoms with Crippen molar-refractivity contribution in [2.75, 3.05) is 47.5 Å². The summed E-state index contributed by atoms with van der Waals surface area (Å²) in [7, 11) is 4.97. The predicted octanol–water partition coefficient (Wildman–Crippen LogP) is 2.96. The Kier molecular flexibility index (Phi) is 7.85. The Bertz CT molecular complexity index is 511. The molecular weight excluding hydrogens is 316 g/mol. The summed E-state index contributed by atoms with van der Waals surface area (Å²) < 4.78 is 16.3. The van der Waals surface area contributed by atoms with Crippen molar-refractivity contribution in [3.8, 4) is 17.2 Å². The Morgan fingerprint density at radius 2 is 1.84 bits per heavy atom. The molecule has 0 saturated carbocycles. The van der Waals surface area contributed by atoms with Gasteiger partial charge in [-0.2, -0.15) is 0 Å². The van der Waals surface area contributed by atoms with Crippen LogP contribution in [0, 0.1) is 5.92 Å². The van der Waals surface area contributed by atoms with Crippen LogP contribution in [0.15, 0.2) is 12.1 Å². The molecule has 5 heteroatoms. The first-order valence-corrected chi connectivity index (χ1v) is 9.38. The fourth-order valence-corrected chi connectivity index (χ4v) is 3.64. The van der Waals surface area contributed by atoms with Gasteiger partial charge in [-0.05, 0) is 43.0 Å². The van der Waals surface area contributed by atoms with E-state index in [0.29, 0.717) is 11.8 Å². The Morgan fingerprint density at radius 1 is 1.16 bits per heavy atom. The lowest BCUT2D eigenvalue weighted by atomic mass is 9.95. The molecule has 1 aliphatic heterocycles. The lowest BCUT2D eigenvalue weighted by Gasteiger charge is -2.39. The molecule has 1 aromatic rings. The lowest BCUT2D eigenvalue weighted by molar-refractivity contribution is 0.115. The van der Waals surface area contributed by atoms with Gasteiger partial charge in [-0.3, -0.25) is 4.90 Å². The van der Waals surface area contributed by atoms with Crippen molar-refractivity contribution >= 4 is 0 Å². The maximum Gasteiger partial charge on any atom is 0.203 e. The molecular formula is C20H34N2O3. The molecule has 2 atom stereocenters. The van der Waals surface area contributed by atoms with E-state index in [1.54, 1.807) is 21.3 Å². The van der Waals surface area contributed by atoms with Crippen LogP contribution >= 0.6 is 0 Å².